The molecule has 1 N–H and O–H groups in total. The van der Waals surface area contributed by atoms with Crippen LogP contribution in [0.25, 0.3) is 0 Å². The maximum Gasteiger partial charge on any atom is 0.306 e. The molecule has 0 saturated carbocycles. The maximum atomic E-state index is 13.6. The van der Waals surface area contributed by atoms with Gasteiger partial charge in [0.1, 0.15) is 19.3 Å². The second kappa shape index (κ2) is 67.6. The number of phosphoric acid groups is 1. The first kappa shape index (κ1) is 85.7. The molecule has 9 nitrogen and oxygen atoms in total. The first-order chi connectivity index (χ1) is 42.9. The van der Waals surface area contributed by atoms with E-state index in [1.54, 1.807) is 0 Å². The molecule has 0 aliphatic rings. The maximum absolute atomic E-state index is 13.6. The lowest BCUT2D eigenvalue weighted by molar-refractivity contribution is -0.870. The number of hydrogen-bond donors (Lipinski definition) is 1. The van der Waals surface area contributed by atoms with Gasteiger partial charge in [0.15, 0.2) is 0 Å². The summed E-state index contributed by atoms with van der Waals surface area (Å²) in [4.78, 5) is 40.3. The number of allylic oxidation sites excluding steroid dienone is 9. The molecule has 3 atom stereocenters. The van der Waals surface area contributed by atoms with Crippen molar-refractivity contribution in [1.29, 1.82) is 0 Å². The van der Waals surface area contributed by atoms with E-state index < -0.39 is 20.0 Å². The number of carbonyl (C=O) groups excluding carboxylic acids is 2. The standard InChI is InChI=1S/C78H147N2O7P/c1-7-10-13-16-19-22-25-28-30-32-34-36-38-39-40-41-43-45-47-49-51-53-56-59-62-65-68-71-78(82)87-76(69-66-63-60-57-54-27-24-21-18-15-12-9-3)75(74-86-88(83,84)85-73-72-80(4,5)6)79-77(81)70-67-64-61-58-55-52-50-48-46-44-42-37-35-33-31-29-26-23-20-17-14-11-8-2/h19,22,28-31,34,36,66,69,75-76H,7-18,20-21,23-27,32-33,35,37-65,67-68,70-74H2,1-6H3,(H-,79,81,83,84)/b22-19-,30-28-,31-29+,36-34-,69-66+. The number of rotatable bonds is 70. The van der Waals surface area contributed by atoms with E-state index >= 15 is 0 Å². The normalized spacial score (nSPS) is 13.8. The predicted octanol–water partition coefficient (Wildman–Crippen LogP) is 23.9. The van der Waals surface area contributed by atoms with E-state index in [0.29, 0.717) is 17.4 Å². The van der Waals surface area contributed by atoms with Gasteiger partial charge in [-0.2, -0.15) is 0 Å². The van der Waals surface area contributed by atoms with Gasteiger partial charge in [-0.05, 0) is 96.0 Å². The number of phosphoric ester groups is 1. The molecule has 88 heavy (non-hydrogen) atoms. The monoisotopic (exact) mass is 1260 g/mol. The largest absolute Gasteiger partial charge is 0.756 e. The molecule has 0 bridgehead atoms. The molecule has 516 valence electrons. The van der Waals surface area contributed by atoms with Gasteiger partial charge in [0.05, 0.1) is 33.8 Å². The van der Waals surface area contributed by atoms with Crippen LogP contribution in [0.5, 0.6) is 0 Å². The van der Waals surface area contributed by atoms with Crippen molar-refractivity contribution >= 4 is 19.7 Å². The third-order valence-corrected chi connectivity index (χ3v) is 18.1. The van der Waals surface area contributed by atoms with E-state index in [9.17, 15) is 19.0 Å². The van der Waals surface area contributed by atoms with Crippen LogP contribution in [0.1, 0.15) is 374 Å². The molecular weight excluding hydrogens is 1110 g/mol. The Kier molecular flexibility index (Phi) is 65.8. The van der Waals surface area contributed by atoms with E-state index in [4.69, 9.17) is 13.8 Å². The van der Waals surface area contributed by atoms with E-state index in [2.05, 4.69) is 74.7 Å². The van der Waals surface area contributed by atoms with Crippen molar-refractivity contribution in [3.05, 3.63) is 60.8 Å². The topological polar surface area (TPSA) is 114 Å². The molecule has 10 heteroatoms. The van der Waals surface area contributed by atoms with Crippen LogP contribution in [-0.2, 0) is 27.9 Å². The highest BCUT2D eigenvalue weighted by Gasteiger charge is 2.27. The highest BCUT2D eigenvalue weighted by molar-refractivity contribution is 7.45. The Labute approximate surface area is 547 Å². The first-order valence-corrected chi connectivity index (χ1v) is 39.6. The van der Waals surface area contributed by atoms with Crippen LogP contribution in [0.2, 0.25) is 0 Å². The third kappa shape index (κ3) is 68.1. The van der Waals surface area contributed by atoms with E-state index in [-0.39, 0.29) is 31.5 Å². The zero-order chi connectivity index (χ0) is 64.2. The molecule has 0 fully saturated rings. The fourth-order valence-corrected chi connectivity index (χ4v) is 12.0. The minimum Gasteiger partial charge on any atom is -0.756 e. The summed E-state index contributed by atoms with van der Waals surface area (Å²) >= 11 is 0. The van der Waals surface area contributed by atoms with E-state index in [0.717, 1.165) is 70.6 Å². The molecule has 0 radical (unpaired) electrons. The lowest BCUT2D eigenvalue weighted by atomic mass is 10.0. The van der Waals surface area contributed by atoms with Crippen molar-refractivity contribution in [2.75, 3.05) is 40.9 Å². The van der Waals surface area contributed by atoms with Crippen molar-refractivity contribution in [2.45, 2.75) is 386 Å². The van der Waals surface area contributed by atoms with Crippen molar-refractivity contribution in [3.63, 3.8) is 0 Å². The highest BCUT2D eigenvalue weighted by atomic mass is 31.2. The highest BCUT2D eigenvalue weighted by Crippen LogP contribution is 2.38. The zero-order valence-electron chi connectivity index (χ0n) is 59.2. The predicted molar refractivity (Wildman–Crippen MR) is 381 cm³/mol. The Balaban J connectivity index is 4.96. The number of amides is 1. The number of hydrogen-bond acceptors (Lipinski definition) is 7. The smallest absolute Gasteiger partial charge is 0.306 e. The van der Waals surface area contributed by atoms with Crippen LogP contribution < -0.4 is 10.2 Å². The number of ether oxygens (including phenoxy) is 1. The summed E-state index contributed by atoms with van der Waals surface area (Å²) in [5.74, 6) is -0.525. The number of quaternary nitrogens is 1. The third-order valence-electron chi connectivity index (χ3n) is 17.2. The van der Waals surface area contributed by atoms with E-state index in [1.807, 2.05) is 33.3 Å². The minimum atomic E-state index is -4.71. The fourth-order valence-electron chi connectivity index (χ4n) is 11.3. The summed E-state index contributed by atoms with van der Waals surface area (Å²) in [6.07, 6.45) is 87.8. The fraction of sp³-hybridized carbons (Fsp3) is 0.846. The number of likely N-dealkylation sites (N-methyl/N-ethyl adjacent to an activating group) is 1. The van der Waals surface area contributed by atoms with Crippen molar-refractivity contribution in [1.82, 2.24) is 5.32 Å². The van der Waals surface area contributed by atoms with Gasteiger partial charge < -0.3 is 28.5 Å². The summed E-state index contributed by atoms with van der Waals surface area (Å²) in [5.41, 5.74) is 0. The Morgan fingerprint density at radius 3 is 1.07 bits per heavy atom. The van der Waals surface area contributed by atoms with Gasteiger partial charge in [-0.25, -0.2) is 0 Å². The van der Waals surface area contributed by atoms with Gasteiger partial charge in [0.25, 0.3) is 7.82 Å². The minimum absolute atomic E-state index is 0.0214. The van der Waals surface area contributed by atoms with Gasteiger partial charge in [0.2, 0.25) is 5.91 Å². The number of nitrogens with one attached hydrogen (secondary N) is 1. The summed E-state index contributed by atoms with van der Waals surface area (Å²) in [5, 5.41) is 3.05. The van der Waals surface area contributed by atoms with Gasteiger partial charge in [0, 0.05) is 12.8 Å². The van der Waals surface area contributed by atoms with Gasteiger partial charge >= 0.3 is 5.97 Å². The van der Waals surface area contributed by atoms with Crippen molar-refractivity contribution in [3.8, 4) is 0 Å². The molecule has 0 rings (SSSR count). The molecule has 0 saturated heterocycles. The zero-order valence-corrected chi connectivity index (χ0v) is 60.1. The summed E-state index contributed by atoms with van der Waals surface area (Å²) in [7, 11) is 1.20. The van der Waals surface area contributed by atoms with Crippen LogP contribution in [0.4, 0.5) is 0 Å². The molecule has 0 aromatic carbocycles. The lowest BCUT2D eigenvalue weighted by Gasteiger charge is -2.30. The molecule has 0 aliphatic heterocycles. The van der Waals surface area contributed by atoms with Gasteiger partial charge in [-0.3, -0.25) is 14.2 Å². The molecule has 0 aromatic heterocycles. The lowest BCUT2D eigenvalue weighted by Crippen LogP contribution is -2.47. The number of unbranched alkanes of at least 4 members (excludes halogenated alkanes) is 46. The van der Waals surface area contributed by atoms with Gasteiger partial charge in [-0.15, -0.1) is 0 Å². The summed E-state index contributed by atoms with van der Waals surface area (Å²) < 4.78 is 30.5. The number of nitrogens with zero attached hydrogens (tertiary/aromatic N) is 1. The van der Waals surface area contributed by atoms with Crippen molar-refractivity contribution < 1.29 is 37.3 Å². The Bertz CT molecular complexity index is 1690. The Hall–Kier alpha value is -2.29. The average molecular weight is 1260 g/mol. The second-order valence-corrected chi connectivity index (χ2v) is 28.6. The molecule has 0 aliphatic carbocycles. The summed E-state index contributed by atoms with van der Waals surface area (Å²) in [6.45, 7) is 6.87. The molecule has 3 unspecified atom stereocenters. The van der Waals surface area contributed by atoms with E-state index in [1.165, 1.54) is 270 Å². The van der Waals surface area contributed by atoms with Crippen LogP contribution in [0.15, 0.2) is 60.8 Å². The quantitative estimate of drug-likeness (QED) is 0.0212. The molecule has 0 heterocycles. The Morgan fingerprint density at radius 2 is 0.693 bits per heavy atom. The van der Waals surface area contributed by atoms with Gasteiger partial charge in [-0.1, -0.05) is 326 Å². The van der Waals surface area contributed by atoms with Crippen molar-refractivity contribution in [2.24, 2.45) is 0 Å². The first-order valence-electron chi connectivity index (χ1n) is 38.1. The molecule has 0 spiro atoms. The number of carbonyl (C=O) groups is 2. The average Bonchev–Trinajstić information content (AvgIpc) is 3.61. The molecule has 0 aromatic rings. The SMILES string of the molecule is CCCCC/C=C\C/C=C\C/C=C\CCCCCCCCCCCCCCCCC(=O)OC(/C=C/CCCCCCCCCCCC)C(COP(=O)([O-])OCC[N+](C)(C)C)NC(=O)CCCCCCCCCCCCCCC/C=C/CCCCCCCC. The second-order valence-electron chi connectivity index (χ2n) is 27.1. The van der Waals surface area contributed by atoms with Crippen LogP contribution in [0.3, 0.4) is 0 Å². The van der Waals surface area contributed by atoms with Crippen LogP contribution in [0, 0.1) is 0 Å². The van der Waals surface area contributed by atoms with Crippen LogP contribution >= 0.6 is 7.82 Å². The Morgan fingerprint density at radius 1 is 0.398 bits per heavy atom. The van der Waals surface area contributed by atoms with Crippen LogP contribution in [-0.4, -0.2) is 69.4 Å². The molecular formula is C78H147N2O7P. The summed E-state index contributed by atoms with van der Waals surface area (Å²) in [6, 6.07) is -0.889. The number of esters is 1. The molecule has 1 amide bonds.